The van der Waals surface area contributed by atoms with Crippen LogP contribution in [0.2, 0.25) is 19.6 Å². The summed E-state index contributed by atoms with van der Waals surface area (Å²) in [7, 11) is -2.00. The van der Waals surface area contributed by atoms with Crippen LogP contribution in [0.25, 0.3) is 0 Å². The summed E-state index contributed by atoms with van der Waals surface area (Å²) >= 11 is 0. The van der Waals surface area contributed by atoms with Gasteiger partial charge < -0.3 is 14.8 Å². The Morgan fingerprint density at radius 3 is 2.25 bits per heavy atom. The molecule has 0 unspecified atom stereocenters. The Labute approximate surface area is 120 Å². The summed E-state index contributed by atoms with van der Waals surface area (Å²) < 4.78 is 5.43. The van der Waals surface area contributed by atoms with Crippen LogP contribution in [0, 0.1) is 0 Å². The molecule has 1 aromatic rings. The lowest BCUT2D eigenvalue weighted by Gasteiger charge is -2.23. The van der Waals surface area contributed by atoms with E-state index in [-0.39, 0.29) is 11.7 Å². The fourth-order valence-electron chi connectivity index (χ4n) is 1.68. The Bertz CT molecular complexity index is 479. The summed E-state index contributed by atoms with van der Waals surface area (Å²) in [6.07, 6.45) is 0.336. The lowest BCUT2D eigenvalue weighted by atomic mass is 10.1. The summed E-state index contributed by atoms with van der Waals surface area (Å²) in [5, 5.41) is 11.9. The van der Waals surface area contributed by atoms with E-state index >= 15 is 0 Å². The molecule has 0 saturated carbocycles. The van der Waals surface area contributed by atoms with Crippen LogP contribution in [0.5, 0.6) is 5.75 Å². The average Bonchev–Trinajstić information content (AvgIpc) is 2.28. The zero-order valence-electron chi connectivity index (χ0n) is 12.3. The van der Waals surface area contributed by atoms with Crippen LogP contribution in [-0.2, 0) is 20.4 Å². The van der Waals surface area contributed by atoms with Crippen molar-refractivity contribution in [3.63, 3.8) is 0 Å². The number of carbonyl (C=O) groups excluding carboxylic acids is 2. The van der Waals surface area contributed by atoms with Crippen LogP contribution < -0.4 is 5.32 Å². The molecule has 0 aliphatic heterocycles. The molecule has 0 aliphatic rings. The second kappa shape index (κ2) is 6.56. The number of amides is 1. The van der Waals surface area contributed by atoms with Gasteiger partial charge in [0.2, 0.25) is 14.2 Å². The molecular formula is C14H21NO4Si. The van der Waals surface area contributed by atoms with E-state index in [2.05, 4.69) is 5.32 Å². The van der Waals surface area contributed by atoms with Crippen molar-refractivity contribution in [2.24, 2.45) is 0 Å². The van der Waals surface area contributed by atoms with E-state index in [0.29, 0.717) is 6.42 Å². The molecule has 0 saturated heterocycles. The Balaban J connectivity index is 2.81. The van der Waals surface area contributed by atoms with E-state index in [0.717, 1.165) is 5.56 Å². The standard InChI is InChI=1S/C14H21NO4Si/c1-10(16)15-13(14(18)19-20(2,3)4)9-11-5-7-12(17)8-6-11/h5-8,13,17H,9H2,1-4H3,(H,15,16)/t13-/m0/s1. The second-order valence-corrected chi connectivity index (χ2v) is 10.1. The van der Waals surface area contributed by atoms with E-state index in [1.54, 1.807) is 24.3 Å². The van der Waals surface area contributed by atoms with Gasteiger partial charge in [-0.2, -0.15) is 0 Å². The highest BCUT2D eigenvalue weighted by Gasteiger charge is 2.27. The van der Waals surface area contributed by atoms with Crippen LogP contribution >= 0.6 is 0 Å². The molecule has 0 spiro atoms. The lowest BCUT2D eigenvalue weighted by Crippen LogP contribution is -2.45. The minimum absolute atomic E-state index is 0.162. The first-order valence-electron chi connectivity index (χ1n) is 6.45. The van der Waals surface area contributed by atoms with Gasteiger partial charge in [0.05, 0.1) is 0 Å². The van der Waals surface area contributed by atoms with Gasteiger partial charge in [0.15, 0.2) is 0 Å². The minimum Gasteiger partial charge on any atom is -0.518 e. The largest absolute Gasteiger partial charge is 0.518 e. The number of hydrogen-bond acceptors (Lipinski definition) is 4. The molecule has 1 atom stereocenters. The highest BCUT2D eigenvalue weighted by atomic mass is 28.4. The number of aromatic hydroxyl groups is 1. The number of phenols is 1. The third-order valence-corrected chi connectivity index (χ3v) is 3.26. The van der Waals surface area contributed by atoms with Gasteiger partial charge in [-0.05, 0) is 37.3 Å². The van der Waals surface area contributed by atoms with Crippen molar-refractivity contribution in [2.45, 2.75) is 39.0 Å². The van der Waals surface area contributed by atoms with Crippen LogP contribution in [-0.4, -0.2) is 31.3 Å². The molecule has 1 rings (SSSR count). The predicted molar refractivity (Wildman–Crippen MR) is 78.9 cm³/mol. The molecule has 1 amide bonds. The first kappa shape index (κ1) is 16.2. The van der Waals surface area contributed by atoms with E-state index < -0.39 is 20.3 Å². The molecule has 0 radical (unpaired) electrons. The lowest BCUT2D eigenvalue weighted by molar-refractivity contribution is -0.139. The second-order valence-electron chi connectivity index (χ2n) is 5.66. The number of rotatable bonds is 5. The molecule has 2 N–H and O–H groups in total. The van der Waals surface area contributed by atoms with Crippen molar-refractivity contribution >= 4 is 20.2 Å². The molecular weight excluding hydrogens is 274 g/mol. The molecule has 0 aromatic heterocycles. The van der Waals surface area contributed by atoms with Gasteiger partial charge in [0.25, 0.3) is 0 Å². The van der Waals surface area contributed by atoms with Crippen molar-refractivity contribution in [1.82, 2.24) is 5.32 Å². The molecule has 0 heterocycles. The van der Waals surface area contributed by atoms with Gasteiger partial charge in [-0.1, -0.05) is 12.1 Å². The topological polar surface area (TPSA) is 75.6 Å². The first-order chi connectivity index (χ1) is 9.17. The normalized spacial score (nSPS) is 12.6. The van der Waals surface area contributed by atoms with Crippen LogP contribution in [0.4, 0.5) is 0 Å². The van der Waals surface area contributed by atoms with E-state index in [4.69, 9.17) is 4.43 Å². The number of carbonyl (C=O) groups is 2. The Hall–Kier alpha value is -1.82. The van der Waals surface area contributed by atoms with Crippen molar-refractivity contribution in [2.75, 3.05) is 0 Å². The number of benzene rings is 1. The van der Waals surface area contributed by atoms with Crippen molar-refractivity contribution in [3.05, 3.63) is 29.8 Å². The zero-order valence-corrected chi connectivity index (χ0v) is 13.3. The summed E-state index contributed by atoms with van der Waals surface area (Å²) in [4.78, 5) is 23.3. The number of hydrogen-bond donors (Lipinski definition) is 2. The summed E-state index contributed by atoms with van der Waals surface area (Å²) in [6, 6.07) is 5.81. The molecule has 20 heavy (non-hydrogen) atoms. The average molecular weight is 295 g/mol. The molecule has 0 aliphatic carbocycles. The quantitative estimate of drug-likeness (QED) is 0.812. The maximum Gasteiger partial charge on any atom is 0.315 e. The summed E-state index contributed by atoms with van der Waals surface area (Å²) in [5.74, 6) is -0.525. The molecule has 0 fully saturated rings. The van der Waals surface area contributed by atoms with E-state index in [1.807, 2.05) is 19.6 Å². The monoisotopic (exact) mass is 295 g/mol. The molecule has 6 heteroatoms. The number of phenolic OH excluding ortho intramolecular Hbond substituents is 1. The maximum absolute atomic E-state index is 12.1. The Kier molecular flexibility index (Phi) is 5.32. The van der Waals surface area contributed by atoms with Crippen molar-refractivity contribution < 1.29 is 19.1 Å². The summed E-state index contributed by atoms with van der Waals surface area (Å²) in [6.45, 7) is 7.11. The third-order valence-electron chi connectivity index (χ3n) is 2.44. The highest BCUT2D eigenvalue weighted by Crippen LogP contribution is 2.13. The molecule has 110 valence electrons. The third kappa shape index (κ3) is 5.88. The van der Waals surface area contributed by atoms with E-state index in [1.165, 1.54) is 6.92 Å². The number of nitrogens with one attached hydrogen (secondary N) is 1. The molecule has 1 aromatic carbocycles. The van der Waals surface area contributed by atoms with Gasteiger partial charge in [0, 0.05) is 13.3 Å². The Morgan fingerprint density at radius 2 is 1.80 bits per heavy atom. The fraction of sp³-hybridized carbons (Fsp3) is 0.429. The summed E-state index contributed by atoms with van der Waals surface area (Å²) in [5.41, 5.74) is 0.842. The van der Waals surface area contributed by atoms with E-state index in [9.17, 15) is 14.7 Å². The molecule has 5 nitrogen and oxygen atoms in total. The van der Waals surface area contributed by atoms with Crippen LogP contribution in [0.1, 0.15) is 12.5 Å². The highest BCUT2D eigenvalue weighted by molar-refractivity contribution is 6.71. The van der Waals surface area contributed by atoms with Gasteiger partial charge in [0.1, 0.15) is 11.8 Å². The van der Waals surface area contributed by atoms with Crippen LogP contribution in [0.3, 0.4) is 0 Å². The van der Waals surface area contributed by atoms with Gasteiger partial charge >= 0.3 is 5.97 Å². The fourth-order valence-corrected chi connectivity index (χ4v) is 2.43. The van der Waals surface area contributed by atoms with Crippen LogP contribution in [0.15, 0.2) is 24.3 Å². The van der Waals surface area contributed by atoms with Gasteiger partial charge in [-0.15, -0.1) is 0 Å². The van der Waals surface area contributed by atoms with Gasteiger partial charge in [-0.25, -0.2) is 0 Å². The zero-order chi connectivity index (χ0) is 15.3. The molecule has 0 bridgehead atoms. The minimum atomic E-state index is -2.00. The maximum atomic E-state index is 12.1. The van der Waals surface area contributed by atoms with Crippen molar-refractivity contribution in [3.8, 4) is 5.75 Å². The SMILES string of the molecule is CC(=O)N[C@@H](Cc1ccc(O)cc1)C(=O)O[Si](C)(C)C. The Morgan fingerprint density at radius 1 is 1.25 bits per heavy atom. The smallest absolute Gasteiger partial charge is 0.315 e. The first-order valence-corrected chi connectivity index (χ1v) is 9.86. The van der Waals surface area contributed by atoms with Crippen molar-refractivity contribution in [1.29, 1.82) is 0 Å². The van der Waals surface area contributed by atoms with Gasteiger partial charge in [-0.3, -0.25) is 9.59 Å². The predicted octanol–water partition coefficient (Wildman–Crippen LogP) is 1.82.